The Bertz CT molecular complexity index is 252. The predicted octanol–water partition coefficient (Wildman–Crippen LogP) is -0.414. The monoisotopic (exact) mass is 229 g/mol. The van der Waals surface area contributed by atoms with E-state index in [1.54, 1.807) is 6.92 Å². The van der Waals surface area contributed by atoms with Crippen molar-refractivity contribution >= 4 is 11.9 Å². The van der Waals surface area contributed by atoms with Gasteiger partial charge in [0.25, 0.3) is 0 Å². The van der Waals surface area contributed by atoms with Gasteiger partial charge in [-0.1, -0.05) is 0 Å². The number of nitrogens with two attached hydrogens (primary N) is 1. The Hall–Kier alpha value is -1.14. The van der Waals surface area contributed by atoms with Gasteiger partial charge in [0.05, 0.1) is 6.04 Å². The highest BCUT2D eigenvalue weighted by Gasteiger charge is 2.18. The van der Waals surface area contributed by atoms with E-state index in [1.807, 2.05) is 5.32 Å². The summed E-state index contributed by atoms with van der Waals surface area (Å²) in [6.45, 7) is 4.04. The van der Waals surface area contributed by atoms with Crippen LogP contribution in [-0.4, -0.2) is 37.7 Å². The number of nitrogens with one attached hydrogen (secondary N) is 2. The Balaban J connectivity index is 2.20. The van der Waals surface area contributed by atoms with Gasteiger partial charge in [-0.3, -0.25) is 10.1 Å². The first kappa shape index (κ1) is 12.9. The maximum absolute atomic E-state index is 11.3. The zero-order valence-corrected chi connectivity index (χ0v) is 9.49. The molecule has 1 unspecified atom stereocenters. The third-order valence-electron chi connectivity index (χ3n) is 2.69. The molecule has 0 saturated carbocycles. The Morgan fingerprint density at radius 3 is 2.62 bits per heavy atom. The molecule has 0 aromatic carbocycles. The van der Waals surface area contributed by atoms with Crippen LogP contribution in [-0.2, 0) is 9.53 Å². The van der Waals surface area contributed by atoms with Crippen molar-refractivity contribution in [3.63, 3.8) is 0 Å². The minimum Gasteiger partial charge on any atom is -0.381 e. The van der Waals surface area contributed by atoms with Gasteiger partial charge in [-0.15, -0.1) is 0 Å². The average Bonchev–Trinajstić information content (AvgIpc) is 2.26. The molecule has 1 rings (SSSR count). The molecule has 0 spiro atoms. The van der Waals surface area contributed by atoms with E-state index in [-0.39, 0.29) is 5.91 Å². The zero-order valence-electron chi connectivity index (χ0n) is 9.49. The van der Waals surface area contributed by atoms with Gasteiger partial charge < -0.3 is 15.8 Å². The molecule has 1 saturated heterocycles. The van der Waals surface area contributed by atoms with Crippen LogP contribution in [0.2, 0.25) is 0 Å². The standard InChI is InChI=1S/C10H19N3O3/c1-7(9(14)13-10(11)15)12-6-8-2-4-16-5-3-8/h7-8,12H,2-6H2,1H3,(H3,11,13,14,15). The number of ether oxygens (including phenoxy) is 1. The topological polar surface area (TPSA) is 93.4 Å². The molecule has 6 heteroatoms. The van der Waals surface area contributed by atoms with Crippen LogP contribution < -0.4 is 16.4 Å². The zero-order chi connectivity index (χ0) is 12.0. The summed E-state index contributed by atoms with van der Waals surface area (Å²) < 4.78 is 5.24. The quantitative estimate of drug-likeness (QED) is 0.610. The molecule has 0 bridgehead atoms. The summed E-state index contributed by atoms with van der Waals surface area (Å²) in [6, 6.07) is -1.22. The highest BCUT2D eigenvalue weighted by molar-refractivity contribution is 5.96. The first-order valence-corrected chi connectivity index (χ1v) is 5.51. The Kier molecular flexibility index (Phi) is 5.21. The summed E-state index contributed by atoms with van der Waals surface area (Å²) in [6.07, 6.45) is 2.02. The summed E-state index contributed by atoms with van der Waals surface area (Å²) in [5.41, 5.74) is 4.85. The van der Waals surface area contributed by atoms with Crippen LogP contribution in [0.4, 0.5) is 4.79 Å². The Labute approximate surface area is 94.9 Å². The third-order valence-corrected chi connectivity index (χ3v) is 2.69. The lowest BCUT2D eigenvalue weighted by Gasteiger charge is -2.23. The minimum atomic E-state index is -0.815. The van der Waals surface area contributed by atoms with E-state index >= 15 is 0 Å². The Morgan fingerprint density at radius 2 is 2.06 bits per heavy atom. The molecule has 1 atom stereocenters. The number of hydrogen-bond donors (Lipinski definition) is 3. The second-order valence-electron chi connectivity index (χ2n) is 4.04. The van der Waals surface area contributed by atoms with Gasteiger partial charge in [0.15, 0.2) is 0 Å². The maximum atomic E-state index is 11.3. The van der Waals surface area contributed by atoms with Crippen LogP contribution in [0.25, 0.3) is 0 Å². The van der Waals surface area contributed by atoms with Crippen LogP contribution in [0.3, 0.4) is 0 Å². The van der Waals surface area contributed by atoms with Gasteiger partial charge in [-0.05, 0) is 32.2 Å². The molecule has 0 radical (unpaired) electrons. The number of hydrogen-bond acceptors (Lipinski definition) is 4. The van der Waals surface area contributed by atoms with Gasteiger partial charge in [0.1, 0.15) is 0 Å². The van der Waals surface area contributed by atoms with E-state index in [0.29, 0.717) is 5.92 Å². The lowest BCUT2D eigenvalue weighted by atomic mass is 10.0. The van der Waals surface area contributed by atoms with Crippen LogP contribution in [0, 0.1) is 5.92 Å². The maximum Gasteiger partial charge on any atom is 0.318 e. The summed E-state index contributed by atoms with van der Waals surface area (Å²) in [4.78, 5) is 21.8. The van der Waals surface area contributed by atoms with Crippen molar-refractivity contribution in [3.05, 3.63) is 0 Å². The molecule has 0 aromatic heterocycles. The van der Waals surface area contributed by atoms with E-state index in [0.717, 1.165) is 32.6 Å². The van der Waals surface area contributed by atoms with Gasteiger partial charge in [0.2, 0.25) is 5.91 Å². The molecule has 0 aromatic rings. The van der Waals surface area contributed by atoms with Crippen molar-refractivity contribution in [2.75, 3.05) is 19.8 Å². The van der Waals surface area contributed by atoms with Crippen LogP contribution in [0.5, 0.6) is 0 Å². The summed E-state index contributed by atoms with van der Waals surface area (Å²) in [5, 5.41) is 5.13. The number of carbonyl (C=O) groups is 2. The highest BCUT2D eigenvalue weighted by Crippen LogP contribution is 2.13. The number of amides is 3. The van der Waals surface area contributed by atoms with E-state index in [4.69, 9.17) is 10.5 Å². The molecule has 92 valence electrons. The first-order valence-electron chi connectivity index (χ1n) is 5.51. The van der Waals surface area contributed by atoms with Crippen molar-refractivity contribution < 1.29 is 14.3 Å². The highest BCUT2D eigenvalue weighted by atomic mass is 16.5. The van der Waals surface area contributed by atoms with Gasteiger partial charge in [-0.25, -0.2) is 4.79 Å². The molecule has 1 aliphatic rings. The van der Waals surface area contributed by atoms with E-state index < -0.39 is 12.1 Å². The Morgan fingerprint density at radius 1 is 1.44 bits per heavy atom. The number of urea groups is 1. The number of imide groups is 1. The van der Waals surface area contributed by atoms with Gasteiger partial charge in [0, 0.05) is 13.2 Å². The van der Waals surface area contributed by atoms with Crippen LogP contribution in [0.1, 0.15) is 19.8 Å². The molecule has 1 aliphatic heterocycles. The smallest absolute Gasteiger partial charge is 0.318 e. The van der Waals surface area contributed by atoms with Crippen molar-refractivity contribution in [2.24, 2.45) is 11.7 Å². The summed E-state index contributed by atoms with van der Waals surface area (Å²) in [5.74, 6) is 0.150. The summed E-state index contributed by atoms with van der Waals surface area (Å²) >= 11 is 0. The lowest BCUT2D eigenvalue weighted by Crippen LogP contribution is -2.47. The molecule has 3 amide bonds. The fourth-order valence-corrected chi connectivity index (χ4v) is 1.62. The third kappa shape index (κ3) is 4.59. The second kappa shape index (κ2) is 6.44. The van der Waals surface area contributed by atoms with Crippen LogP contribution in [0.15, 0.2) is 0 Å². The molecular formula is C10H19N3O3. The molecule has 1 heterocycles. The van der Waals surface area contributed by atoms with Crippen LogP contribution >= 0.6 is 0 Å². The molecule has 16 heavy (non-hydrogen) atoms. The van der Waals surface area contributed by atoms with E-state index in [9.17, 15) is 9.59 Å². The van der Waals surface area contributed by atoms with Crippen molar-refractivity contribution in [1.82, 2.24) is 10.6 Å². The molecule has 0 aliphatic carbocycles. The van der Waals surface area contributed by atoms with Crippen molar-refractivity contribution in [3.8, 4) is 0 Å². The second-order valence-corrected chi connectivity index (χ2v) is 4.04. The predicted molar refractivity (Wildman–Crippen MR) is 58.7 cm³/mol. The normalized spacial score (nSPS) is 19.1. The lowest BCUT2D eigenvalue weighted by molar-refractivity contribution is -0.121. The van der Waals surface area contributed by atoms with E-state index in [2.05, 4.69) is 5.32 Å². The number of rotatable bonds is 4. The number of primary amides is 1. The molecule has 6 nitrogen and oxygen atoms in total. The SMILES string of the molecule is CC(NCC1CCOCC1)C(=O)NC(N)=O. The number of carbonyl (C=O) groups excluding carboxylic acids is 2. The fraction of sp³-hybridized carbons (Fsp3) is 0.800. The van der Waals surface area contributed by atoms with Gasteiger partial charge >= 0.3 is 6.03 Å². The first-order chi connectivity index (χ1) is 7.59. The van der Waals surface area contributed by atoms with Crippen molar-refractivity contribution in [1.29, 1.82) is 0 Å². The van der Waals surface area contributed by atoms with Gasteiger partial charge in [-0.2, -0.15) is 0 Å². The summed E-state index contributed by atoms with van der Waals surface area (Å²) in [7, 11) is 0. The molecular weight excluding hydrogens is 210 g/mol. The molecule has 4 N–H and O–H groups in total. The molecule has 1 fully saturated rings. The minimum absolute atomic E-state index is 0.389. The largest absolute Gasteiger partial charge is 0.381 e. The fourth-order valence-electron chi connectivity index (χ4n) is 1.62. The average molecular weight is 229 g/mol. The van der Waals surface area contributed by atoms with Crippen molar-refractivity contribution in [2.45, 2.75) is 25.8 Å². The van der Waals surface area contributed by atoms with E-state index in [1.165, 1.54) is 0 Å².